The van der Waals surface area contributed by atoms with Gasteiger partial charge in [-0.25, -0.2) is 8.42 Å². The highest BCUT2D eigenvalue weighted by Gasteiger charge is 2.36. The van der Waals surface area contributed by atoms with Gasteiger partial charge >= 0.3 is 0 Å². The van der Waals surface area contributed by atoms with E-state index in [1.807, 2.05) is 32.9 Å². The summed E-state index contributed by atoms with van der Waals surface area (Å²) in [7, 11) is -4.61. The first-order chi connectivity index (χ1) is 11.7. The van der Waals surface area contributed by atoms with Crippen LogP contribution >= 0.6 is 10.1 Å². The number of aryl methyl sites for hydroxylation is 1. The molecule has 25 heavy (non-hydrogen) atoms. The van der Waals surface area contributed by atoms with Crippen molar-refractivity contribution in [2.45, 2.75) is 57.4 Å². The van der Waals surface area contributed by atoms with Crippen molar-refractivity contribution in [3.63, 3.8) is 0 Å². The SMILES string of the molecule is CCC(=O)NC1(C)CCN([SH](CC)S(=O)(=O)c2ccc(C)cc2)CC1. The van der Waals surface area contributed by atoms with Crippen LogP contribution in [0.25, 0.3) is 0 Å². The Hall–Kier alpha value is -1.05. The summed E-state index contributed by atoms with van der Waals surface area (Å²) in [6, 6.07) is 7.13. The lowest BCUT2D eigenvalue weighted by atomic mass is 9.90. The lowest BCUT2D eigenvalue weighted by Crippen LogP contribution is -2.52. The van der Waals surface area contributed by atoms with E-state index in [4.69, 9.17) is 0 Å². The van der Waals surface area contributed by atoms with E-state index in [9.17, 15) is 13.2 Å². The number of rotatable bonds is 6. The van der Waals surface area contributed by atoms with E-state index < -0.39 is 19.0 Å². The molecule has 1 atom stereocenters. The largest absolute Gasteiger partial charge is 0.351 e. The highest BCUT2D eigenvalue weighted by atomic mass is 33.2. The van der Waals surface area contributed by atoms with Gasteiger partial charge < -0.3 is 5.32 Å². The van der Waals surface area contributed by atoms with Crippen LogP contribution in [0.2, 0.25) is 0 Å². The number of thiol groups is 1. The molecule has 1 amide bonds. The van der Waals surface area contributed by atoms with Crippen molar-refractivity contribution in [1.29, 1.82) is 0 Å². The summed E-state index contributed by atoms with van der Waals surface area (Å²) in [4.78, 5) is 12.1. The van der Waals surface area contributed by atoms with Gasteiger partial charge in [0, 0.05) is 25.0 Å². The standard InChI is InChI=1S/C18H30N2O3S2/c1-5-17(21)19-18(4)11-13-20(14-12-18)24(6-2)25(22,23)16-9-7-15(3)8-10-16/h7-10,24H,5-6,11-14H2,1-4H3,(H,19,21). The molecule has 1 aliphatic rings. The molecule has 0 aromatic heterocycles. The van der Waals surface area contributed by atoms with E-state index >= 15 is 0 Å². The number of nitrogens with zero attached hydrogens (tertiary/aromatic N) is 1. The minimum atomic E-state index is -3.33. The second kappa shape index (κ2) is 8.10. The van der Waals surface area contributed by atoms with Gasteiger partial charge in [-0.05, 0) is 44.6 Å². The maximum Gasteiger partial charge on any atom is 0.222 e. The molecule has 142 valence electrons. The predicted octanol–water partition coefficient (Wildman–Crippen LogP) is 3.00. The second-order valence-electron chi connectivity index (χ2n) is 6.87. The summed E-state index contributed by atoms with van der Waals surface area (Å²) in [5, 5.41) is 3.09. The monoisotopic (exact) mass is 386 g/mol. The molecule has 0 saturated carbocycles. The Morgan fingerprint density at radius 1 is 1.20 bits per heavy atom. The van der Waals surface area contributed by atoms with Crippen LogP contribution < -0.4 is 5.32 Å². The number of carbonyl (C=O) groups excluding carboxylic acids is 1. The van der Waals surface area contributed by atoms with Crippen LogP contribution in [0, 0.1) is 6.92 Å². The number of hydrogen-bond acceptors (Lipinski definition) is 4. The summed E-state index contributed by atoms with van der Waals surface area (Å²) >= 11 is 0. The van der Waals surface area contributed by atoms with Gasteiger partial charge in [-0.1, -0.05) is 41.7 Å². The Labute approximate surface area is 154 Å². The van der Waals surface area contributed by atoms with E-state index in [0.29, 0.717) is 30.2 Å². The maximum absolute atomic E-state index is 13.1. The molecule has 1 heterocycles. The molecule has 0 aliphatic carbocycles. The van der Waals surface area contributed by atoms with Crippen molar-refractivity contribution in [2.24, 2.45) is 0 Å². The number of carbonyl (C=O) groups is 1. The first-order valence-electron chi connectivity index (χ1n) is 8.87. The number of benzene rings is 1. The number of nitrogens with one attached hydrogen (secondary N) is 1. The number of amides is 1. The molecule has 2 rings (SSSR count). The minimum Gasteiger partial charge on any atom is -0.351 e. The smallest absolute Gasteiger partial charge is 0.222 e. The van der Waals surface area contributed by atoms with Crippen molar-refractivity contribution in [3.05, 3.63) is 29.8 Å². The summed E-state index contributed by atoms with van der Waals surface area (Å²) < 4.78 is 28.3. The maximum atomic E-state index is 13.1. The molecule has 7 heteroatoms. The van der Waals surface area contributed by atoms with Crippen LogP contribution in [0.1, 0.15) is 45.6 Å². The average molecular weight is 387 g/mol. The average Bonchev–Trinajstić information content (AvgIpc) is 2.57. The van der Waals surface area contributed by atoms with Crippen molar-refractivity contribution < 1.29 is 13.2 Å². The number of piperidine rings is 1. The molecule has 1 saturated heterocycles. The molecule has 1 aliphatic heterocycles. The summed E-state index contributed by atoms with van der Waals surface area (Å²) in [6.07, 6.45) is 2.03. The molecule has 0 spiro atoms. The van der Waals surface area contributed by atoms with E-state index in [1.54, 1.807) is 12.1 Å². The Balaban J connectivity index is 2.12. The zero-order valence-electron chi connectivity index (χ0n) is 15.6. The first kappa shape index (κ1) is 20.3. The molecular weight excluding hydrogens is 356 g/mol. The Morgan fingerprint density at radius 2 is 1.76 bits per heavy atom. The summed E-state index contributed by atoms with van der Waals surface area (Å²) in [5.74, 6) is 0.671. The van der Waals surface area contributed by atoms with Gasteiger partial charge in [-0.2, -0.15) is 0 Å². The predicted molar refractivity (Wildman–Crippen MR) is 106 cm³/mol. The van der Waals surface area contributed by atoms with Gasteiger partial charge in [0.15, 0.2) is 0 Å². The Bertz CT molecular complexity index is 694. The molecule has 1 aromatic rings. The Morgan fingerprint density at radius 3 is 2.24 bits per heavy atom. The lowest BCUT2D eigenvalue weighted by Gasteiger charge is -2.43. The third kappa shape index (κ3) is 4.77. The summed E-state index contributed by atoms with van der Waals surface area (Å²) in [5.41, 5.74) is 0.826. The summed E-state index contributed by atoms with van der Waals surface area (Å²) in [6.45, 7) is 9.20. The molecule has 0 radical (unpaired) electrons. The van der Waals surface area contributed by atoms with E-state index in [2.05, 4.69) is 16.5 Å². The molecule has 1 N–H and O–H groups in total. The van der Waals surface area contributed by atoms with Gasteiger partial charge in [0.2, 0.25) is 14.8 Å². The molecule has 5 nitrogen and oxygen atoms in total. The van der Waals surface area contributed by atoms with E-state index in [0.717, 1.165) is 18.4 Å². The van der Waals surface area contributed by atoms with Crippen LogP contribution in [-0.2, 0) is 13.7 Å². The van der Waals surface area contributed by atoms with Crippen LogP contribution in [0.4, 0.5) is 0 Å². The first-order valence-corrected chi connectivity index (χ1v) is 12.4. The third-order valence-corrected chi connectivity index (χ3v) is 11.5. The highest BCUT2D eigenvalue weighted by Crippen LogP contribution is 2.44. The van der Waals surface area contributed by atoms with Crippen molar-refractivity contribution in [2.75, 3.05) is 18.8 Å². The quantitative estimate of drug-likeness (QED) is 0.583. The van der Waals surface area contributed by atoms with Crippen LogP contribution in [0.15, 0.2) is 29.2 Å². The third-order valence-electron chi connectivity index (χ3n) is 4.79. The zero-order valence-corrected chi connectivity index (χ0v) is 17.3. The van der Waals surface area contributed by atoms with Crippen LogP contribution in [0.3, 0.4) is 0 Å². The molecule has 1 unspecified atom stereocenters. The topological polar surface area (TPSA) is 66.5 Å². The lowest BCUT2D eigenvalue weighted by molar-refractivity contribution is -0.122. The normalized spacial score (nSPS) is 20.1. The van der Waals surface area contributed by atoms with Gasteiger partial charge in [-0.3, -0.25) is 9.10 Å². The highest BCUT2D eigenvalue weighted by molar-refractivity contribution is 8.80. The zero-order chi connectivity index (χ0) is 18.7. The fraction of sp³-hybridized carbons (Fsp3) is 0.611. The van der Waals surface area contributed by atoms with Crippen LogP contribution in [-0.4, -0.2) is 43.0 Å². The molecular formula is C18H30N2O3S2. The fourth-order valence-electron chi connectivity index (χ4n) is 3.12. The number of hydrogen-bond donors (Lipinski definition) is 2. The van der Waals surface area contributed by atoms with E-state index in [-0.39, 0.29) is 11.4 Å². The molecule has 1 aromatic carbocycles. The van der Waals surface area contributed by atoms with E-state index in [1.165, 1.54) is 0 Å². The molecule has 0 bridgehead atoms. The fourth-order valence-corrected chi connectivity index (χ4v) is 9.05. The Kier molecular flexibility index (Phi) is 6.56. The second-order valence-corrected chi connectivity index (χ2v) is 12.9. The van der Waals surface area contributed by atoms with Gasteiger partial charge in [0.1, 0.15) is 0 Å². The van der Waals surface area contributed by atoms with Crippen LogP contribution in [0.5, 0.6) is 0 Å². The van der Waals surface area contributed by atoms with Gasteiger partial charge in [-0.15, -0.1) is 0 Å². The minimum absolute atomic E-state index is 0.0565. The van der Waals surface area contributed by atoms with Gasteiger partial charge in [0.25, 0.3) is 0 Å². The molecule has 1 fully saturated rings. The van der Waals surface area contributed by atoms with Gasteiger partial charge in [0.05, 0.1) is 4.90 Å². The van der Waals surface area contributed by atoms with Crippen molar-refractivity contribution >= 4 is 24.9 Å². The van der Waals surface area contributed by atoms with Crippen molar-refractivity contribution in [3.8, 4) is 0 Å². The van der Waals surface area contributed by atoms with Crippen molar-refractivity contribution in [1.82, 2.24) is 9.62 Å².